The van der Waals surface area contributed by atoms with Gasteiger partial charge in [-0.3, -0.25) is 4.79 Å². The Morgan fingerprint density at radius 3 is 2.65 bits per heavy atom. The van der Waals surface area contributed by atoms with Crippen molar-refractivity contribution < 1.29 is 33.6 Å². The lowest BCUT2D eigenvalue weighted by Gasteiger charge is -2.37. The Balaban J connectivity index is 1.60. The molecule has 1 aromatic heterocycles. The predicted octanol–water partition coefficient (Wildman–Crippen LogP) is 3.90. The van der Waals surface area contributed by atoms with Gasteiger partial charge in [-0.15, -0.1) is 10.2 Å². The fourth-order valence-electron chi connectivity index (χ4n) is 5.71. The fourth-order valence-corrected chi connectivity index (χ4v) is 5.71. The smallest absolute Gasteiger partial charge is 0.308 e. The van der Waals surface area contributed by atoms with Gasteiger partial charge in [0.15, 0.2) is 18.1 Å². The lowest BCUT2D eigenvalue weighted by molar-refractivity contribution is -0.142. The number of nitrogens with zero attached hydrogens (tertiary/aromatic N) is 3. The molecule has 1 aliphatic carbocycles. The van der Waals surface area contributed by atoms with Gasteiger partial charge in [-0.25, -0.2) is 0 Å². The van der Waals surface area contributed by atoms with Crippen LogP contribution in [0.1, 0.15) is 41.4 Å². The second-order valence-electron chi connectivity index (χ2n) is 9.62. The van der Waals surface area contributed by atoms with Crippen LogP contribution >= 0.6 is 0 Å². The van der Waals surface area contributed by atoms with Crippen LogP contribution in [-0.4, -0.2) is 52.2 Å². The third-order valence-corrected chi connectivity index (χ3v) is 7.41. The highest BCUT2D eigenvalue weighted by Gasteiger charge is 2.54. The van der Waals surface area contributed by atoms with Crippen LogP contribution in [0.3, 0.4) is 0 Å². The third kappa shape index (κ3) is 4.23. The summed E-state index contributed by atoms with van der Waals surface area (Å²) < 4.78 is 29.0. The molecule has 0 spiro atoms. The number of aromatic amines is 1. The highest BCUT2D eigenvalue weighted by Crippen LogP contribution is 2.57. The summed E-state index contributed by atoms with van der Waals surface area (Å²) >= 11 is 0. The van der Waals surface area contributed by atoms with Crippen LogP contribution in [0.4, 0.5) is 0 Å². The van der Waals surface area contributed by atoms with Crippen molar-refractivity contribution in [3.63, 3.8) is 0 Å². The normalized spacial score (nSPS) is 18.8. The maximum Gasteiger partial charge on any atom is 0.308 e. The molecule has 2 N–H and O–H groups in total. The number of methoxy groups -OCH3 is 1. The first kappa shape index (κ1) is 25.5. The van der Waals surface area contributed by atoms with E-state index >= 15 is 0 Å². The number of benzene rings is 3. The Kier molecular flexibility index (Phi) is 6.63. The highest BCUT2D eigenvalue weighted by molar-refractivity contribution is 5.80. The number of carbonyl (C=O) groups is 1. The summed E-state index contributed by atoms with van der Waals surface area (Å²) in [6, 6.07) is 16.8. The molecule has 0 saturated heterocycles. The van der Waals surface area contributed by atoms with E-state index in [4.69, 9.17) is 23.7 Å². The molecule has 2 aliphatic rings. The van der Waals surface area contributed by atoms with Gasteiger partial charge in [-0.2, -0.15) is 5.21 Å². The first-order valence-corrected chi connectivity index (χ1v) is 13.0. The standard InChI is InChI=1S/C29H28N4O7/c1-3-10-37-20-6-7-21-17(11-20)12-23(28(34)35)29(21,18-4-9-24-26(13-18)40-16-39-24)22-8-5-19(36-2)14-25(22)38-15-27-30-32-33-31-27/h4-9,11,13-14,23H,3,10,12,15-16H2,1-2H3,(H,34,35)(H,30,31,32,33). The van der Waals surface area contributed by atoms with Crippen LogP contribution in [0.2, 0.25) is 0 Å². The minimum atomic E-state index is -1.15. The van der Waals surface area contributed by atoms with E-state index in [9.17, 15) is 9.90 Å². The molecule has 6 rings (SSSR count). The number of aromatic nitrogens is 4. The van der Waals surface area contributed by atoms with Crippen molar-refractivity contribution >= 4 is 5.97 Å². The molecule has 2 atom stereocenters. The van der Waals surface area contributed by atoms with Gasteiger partial charge < -0.3 is 28.8 Å². The monoisotopic (exact) mass is 544 g/mol. The number of H-pyrrole nitrogens is 1. The van der Waals surface area contributed by atoms with E-state index in [2.05, 4.69) is 20.6 Å². The number of carboxylic acid groups (broad SMARTS) is 1. The molecule has 0 saturated carbocycles. The molecule has 0 radical (unpaired) electrons. The van der Waals surface area contributed by atoms with Crippen LogP contribution in [0.15, 0.2) is 54.6 Å². The van der Waals surface area contributed by atoms with Gasteiger partial charge in [0.25, 0.3) is 0 Å². The maximum atomic E-state index is 13.1. The predicted molar refractivity (Wildman–Crippen MR) is 141 cm³/mol. The van der Waals surface area contributed by atoms with Crippen LogP contribution in [0, 0.1) is 5.92 Å². The number of tetrazole rings is 1. The van der Waals surface area contributed by atoms with Gasteiger partial charge >= 0.3 is 5.97 Å². The molecule has 11 heteroatoms. The van der Waals surface area contributed by atoms with E-state index in [0.717, 1.165) is 23.1 Å². The molecule has 0 bridgehead atoms. The average molecular weight is 545 g/mol. The van der Waals surface area contributed by atoms with E-state index < -0.39 is 17.3 Å². The van der Waals surface area contributed by atoms with Crippen molar-refractivity contribution in [1.82, 2.24) is 20.6 Å². The minimum Gasteiger partial charge on any atom is -0.497 e. The summed E-state index contributed by atoms with van der Waals surface area (Å²) in [4.78, 5) is 13.1. The first-order chi connectivity index (χ1) is 19.5. The summed E-state index contributed by atoms with van der Waals surface area (Å²) in [5.74, 6) is 1.40. The van der Waals surface area contributed by atoms with Crippen molar-refractivity contribution in [3.8, 4) is 28.7 Å². The van der Waals surface area contributed by atoms with E-state index in [-0.39, 0.29) is 13.4 Å². The lowest BCUT2D eigenvalue weighted by atomic mass is 9.64. The second-order valence-corrected chi connectivity index (χ2v) is 9.62. The minimum absolute atomic E-state index is 0.0161. The molecule has 2 heterocycles. The number of carboxylic acids is 1. The van der Waals surface area contributed by atoms with Gasteiger partial charge in [0, 0.05) is 11.6 Å². The number of rotatable bonds is 10. The van der Waals surface area contributed by atoms with E-state index in [1.165, 1.54) is 0 Å². The summed E-state index contributed by atoms with van der Waals surface area (Å²) in [5, 5.41) is 24.7. The zero-order chi connectivity index (χ0) is 27.7. The van der Waals surface area contributed by atoms with Crippen LogP contribution in [0.5, 0.6) is 28.7 Å². The van der Waals surface area contributed by atoms with Gasteiger partial charge in [0.1, 0.15) is 17.2 Å². The molecular formula is C29H28N4O7. The van der Waals surface area contributed by atoms with Crippen LogP contribution < -0.4 is 23.7 Å². The fraction of sp³-hybridized carbons (Fsp3) is 0.310. The zero-order valence-electron chi connectivity index (χ0n) is 22.0. The van der Waals surface area contributed by atoms with Gasteiger partial charge in [-0.05, 0) is 59.9 Å². The van der Waals surface area contributed by atoms with Gasteiger partial charge in [-0.1, -0.05) is 30.3 Å². The Bertz CT molecular complexity index is 1540. The summed E-state index contributed by atoms with van der Waals surface area (Å²) in [6.45, 7) is 2.73. The van der Waals surface area contributed by atoms with Gasteiger partial charge in [0.2, 0.25) is 12.6 Å². The number of ether oxygens (including phenoxy) is 5. The molecule has 11 nitrogen and oxygen atoms in total. The van der Waals surface area contributed by atoms with Crippen molar-refractivity contribution in [2.24, 2.45) is 5.92 Å². The highest BCUT2D eigenvalue weighted by atomic mass is 16.7. The van der Waals surface area contributed by atoms with Crippen LogP contribution in [-0.2, 0) is 23.2 Å². The number of hydrogen-bond donors (Lipinski definition) is 2. The zero-order valence-corrected chi connectivity index (χ0v) is 22.0. The molecule has 3 aromatic carbocycles. The molecular weight excluding hydrogens is 516 g/mol. The first-order valence-electron chi connectivity index (χ1n) is 13.0. The Labute approximate surface area is 230 Å². The molecule has 0 fully saturated rings. The lowest BCUT2D eigenvalue weighted by Crippen LogP contribution is -2.39. The van der Waals surface area contributed by atoms with Crippen molar-refractivity contribution in [1.29, 1.82) is 0 Å². The van der Waals surface area contributed by atoms with Crippen molar-refractivity contribution in [3.05, 3.63) is 82.7 Å². The summed E-state index contributed by atoms with van der Waals surface area (Å²) in [7, 11) is 1.56. The number of fused-ring (bicyclic) bond motifs is 2. The van der Waals surface area contributed by atoms with Crippen LogP contribution in [0.25, 0.3) is 0 Å². The Morgan fingerprint density at radius 1 is 1.05 bits per heavy atom. The van der Waals surface area contributed by atoms with Crippen molar-refractivity contribution in [2.75, 3.05) is 20.5 Å². The molecule has 1 aliphatic heterocycles. The Hall–Kier alpha value is -4.80. The van der Waals surface area contributed by atoms with E-state index in [1.54, 1.807) is 19.2 Å². The molecule has 40 heavy (non-hydrogen) atoms. The number of hydrogen-bond acceptors (Lipinski definition) is 9. The largest absolute Gasteiger partial charge is 0.497 e. The van der Waals surface area contributed by atoms with Gasteiger partial charge in [0.05, 0.1) is 25.0 Å². The third-order valence-electron chi connectivity index (χ3n) is 7.41. The molecule has 4 aromatic rings. The number of aliphatic carboxylic acids is 1. The Morgan fingerprint density at radius 2 is 1.88 bits per heavy atom. The average Bonchev–Trinajstić information content (AvgIpc) is 3.73. The summed E-state index contributed by atoms with van der Waals surface area (Å²) in [5.41, 5.74) is 1.98. The topological polar surface area (TPSA) is 138 Å². The molecule has 206 valence electrons. The van der Waals surface area contributed by atoms with E-state index in [0.29, 0.717) is 53.2 Å². The number of nitrogens with one attached hydrogen (secondary N) is 1. The summed E-state index contributed by atoms with van der Waals surface area (Å²) in [6.07, 6.45) is 1.15. The molecule has 2 unspecified atom stereocenters. The SMILES string of the molecule is CCCOc1ccc2c(c1)CC(C(=O)O)C2(c1ccc2c(c1)OCO2)c1ccc(OC)cc1OCc1nn[nH]n1. The van der Waals surface area contributed by atoms with E-state index in [1.807, 2.05) is 49.4 Å². The quantitative estimate of drug-likeness (QED) is 0.302. The second kappa shape index (κ2) is 10.4. The molecule has 0 amide bonds. The van der Waals surface area contributed by atoms with Crippen molar-refractivity contribution in [2.45, 2.75) is 31.8 Å². The maximum absolute atomic E-state index is 13.1.